The molecular formula is C57H47IN4O. The van der Waals surface area contributed by atoms with Crippen LogP contribution >= 0.6 is 22.6 Å². The molecule has 2 aliphatic heterocycles. The van der Waals surface area contributed by atoms with Crippen molar-refractivity contribution in [3.8, 4) is 11.5 Å². The Balaban J connectivity index is 1.04. The summed E-state index contributed by atoms with van der Waals surface area (Å²) in [7, 11) is 0. The topological polar surface area (TPSA) is 39.8 Å². The standard InChI is InChI=1S/C57H47IN4O/c1-2-39-36-51-54(38-50(39)59-49-27-15-14-26-48(49)58)62(53-35-34-45(37-52(53)60-51)61(42-20-8-4-9-21-42)43-22-10-5-11-23-43)44-32-30-41(31-33-44)57(40-18-6-3-7-19-40)46-24-12-16-28-55(46)63-56-29-17-13-25-47(56)57/h3-30,32-38,41,52-53,59-60H,2,31H2,1H3. The summed E-state index contributed by atoms with van der Waals surface area (Å²) in [5.41, 5.74) is 13.5. The van der Waals surface area contributed by atoms with Crippen molar-refractivity contribution in [3.63, 3.8) is 0 Å². The molecule has 63 heavy (non-hydrogen) atoms. The maximum atomic E-state index is 6.64. The summed E-state index contributed by atoms with van der Waals surface area (Å²) in [4.78, 5) is 4.93. The van der Waals surface area contributed by atoms with Crippen molar-refractivity contribution >= 4 is 56.7 Å². The van der Waals surface area contributed by atoms with Crippen LogP contribution in [0.1, 0.15) is 35.6 Å². The van der Waals surface area contributed by atoms with Crippen LogP contribution in [0.4, 0.5) is 34.1 Å². The number of halogens is 1. The largest absolute Gasteiger partial charge is 0.457 e. The Bertz CT molecular complexity index is 2860. The van der Waals surface area contributed by atoms with Gasteiger partial charge in [0.05, 0.1) is 34.6 Å². The van der Waals surface area contributed by atoms with E-state index in [9.17, 15) is 0 Å². The van der Waals surface area contributed by atoms with Gasteiger partial charge in [-0.3, -0.25) is 0 Å². The minimum atomic E-state index is -0.463. The Hall–Kier alpha value is -6.77. The number of nitrogens with zero attached hydrogens (tertiary/aromatic N) is 2. The molecule has 11 rings (SSSR count). The van der Waals surface area contributed by atoms with Crippen molar-refractivity contribution in [3.05, 3.63) is 250 Å². The molecule has 0 radical (unpaired) electrons. The highest BCUT2D eigenvalue weighted by Crippen LogP contribution is 2.57. The van der Waals surface area contributed by atoms with Gasteiger partial charge in [0.2, 0.25) is 0 Å². The van der Waals surface area contributed by atoms with Crippen LogP contribution in [0.2, 0.25) is 0 Å². The number of hydrogen-bond donors (Lipinski definition) is 2. The van der Waals surface area contributed by atoms with Gasteiger partial charge in [-0.05, 0) is 131 Å². The predicted molar refractivity (Wildman–Crippen MR) is 269 cm³/mol. The number of fused-ring (bicyclic) bond motifs is 4. The molecule has 2 N–H and O–H groups in total. The molecule has 0 bridgehead atoms. The van der Waals surface area contributed by atoms with Gasteiger partial charge in [-0.15, -0.1) is 0 Å². The first-order chi connectivity index (χ1) is 31.1. The lowest BCUT2D eigenvalue weighted by Crippen LogP contribution is -2.50. The molecule has 7 aromatic rings. The van der Waals surface area contributed by atoms with Crippen molar-refractivity contribution in [1.82, 2.24) is 0 Å². The van der Waals surface area contributed by atoms with Crippen LogP contribution in [-0.2, 0) is 11.8 Å². The summed E-state index contributed by atoms with van der Waals surface area (Å²) < 4.78 is 7.83. The highest BCUT2D eigenvalue weighted by molar-refractivity contribution is 14.1. The summed E-state index contributed by atoms with van der Waals surface area (Å²) >= 11 is 2.43. The van der Waals surface area contributed by atoms with Crippen molar-refractivity contribution in [2.75, 3.05) is 20.4 Å². The Kier molecular flexibility index (Phi) is 10.2. The zero-order valence-electron chi connectivity index (χ0n) is 35.0. The molecule has 5 nitrogen and oxygen atoms in total. The average Bonchev–Trinajstić information content (AvgIpc) is 3.34. The van der Waals surface area contributed by atoms with Crippen LogP contribution in [0.15, 0.2) is 224 Å². The maximum absolute atomic E-state index is 6.64. The van der Waals surface area contributed by atoms with Gasteiger partial charge >= 0.3 is 0 Å². The molecule has 6 heteroatoms. The van der Waals surface area contributed by atoms with Gasteiger partial charge < -0.3 is 25.2 Å². The molecule has 0 fully saturated rings. The third-order valence-electron chi connectivity index (χ3n) is 13.1. The van der Waals surface area contributed by atoms with E-state index in [1.54, 1.807) is 0 Å². The van der Waals surface area contributed by atoms with Gasteiger partial charge in [0.15, 0.2) is 0 Å². The SMILES string of the molecule is CCc1cc2c(cc1Nc1ccccc1I)N(C1=CCC(C3(c4ccccc4)c4ccccc4Oc4ccccc43)C=C1)C1C=CC(N(c3ccccc3)c3ccccc3)=CC1N2. The molecule has 0 spiro atoms. The molecule has 0 aromatic heterocycles. The Morgan fingerprint density at radius 1 is 0.698 bits per heavy atom. The van der Waals surface area contributed by atoms with E-state index in [0.29, 0.717) is 0 Å². The lowest BCUT2D eigenvalue weighted by atomic mass is 9.59. The summed E-state index contributed by atoms with van der Waals surface area (Å²) in [5.74, 6) is 1.94. The van der Waals surface area contributed by atoms with Crippen molar-refractivity contribution in [1.29, 1.82) is 0 Å². The van der Waals surface area contributed by atoms with Crippen LogP contribution in [-0.4, -0.2) is 12.1 Å². The average molecular weight is 931 g/mol. The molecule has 0 saturated carbocycles. The fraction of sp³-hybridized carbons (Fsp3) is 0.123. The highest BCUT2D eigenvalue weighted by Gasteiger charge is 2.49. The fourth-order valence-corrected chi connectivity index (χ4v) is 10.8. The number of ether oxygens (including phenoxy) is 1. The van der Waals surface area contributed by atoms with Crippen LogP contribution in [0.25, 0.3) is 0 Å². The molecule has 7 aromatic carbocycles. The van der Waals surface area contributed by atoms with Crippen LogP contribution in [0, 0.1) is 9.49 Å². The van der Waals surface area contributed by atoms with Crippen LogP contribution in [0.5, 0.6) is 11.5 Å². The van der Waals surface area contributed by atoms with E-state index in [1.165, 1.54) is 31.5 Å². The van der Waals surface area contributed by atoms with E-state index in [1.807, 2.05) is 0 Å². The van der Waals surface area contributed by atoms with Gasteiger partial charge in [-0.1, -0.05) is 140 Å². The number of benzene rings is 7. The summed E-state index contributed by atoms with van der Waals surface area (Å²) in [6.45, 7) is 2.24. The zero-order valence-corrected chi connectivity index (χ0v) is 37.2. The van der Waals surface area contributed by atoms with Gasteiger partial charge in [-0.25, -0.2) is 0 Å². The fourth-order valence-electron chi connectivity index (χ4n) is 10.3. The van der Waals surface area contributed by atoms with Gasteiger partial charge in [0.25, 0.3) is 0 Å². The molecule has 0 amide bonds. The zero-order chi connectivity index (χ0) is 42.3. The minimum absolute atomic E-state index is 0.00639. The lowest BCUT2D eigenvalue weighted by Gasteiger charge is -2.48. The summed E-state index contributed by atoms with van der Waals surface area (Å²) in [6.07, 6.45) is 16.2. The second-order valence-electron chi connectivity index (χ2n) is 16.6. The molecule has 4 aliphatic rings. The van der Waals surface area contributed by atoms with E-state index in [0.717, 1.165) is 64.2 Å². The number of hydrogen-bond acceptors (Lipinski definition) is 5. The normalized spacial score (nSPS) is 18.9. The number of rotatable bonds is 9. The van der Waals surface area contributed by atoms with E-state index in [2.05, 4.69) is 262 Å². The quantitative estimate of drug-likeness (QED) is 0.141. The predicted octanol–water partition coefficient (Wildman–Crippen LogP) is 14.5. The monoisotopic (exact) mass is 930 g/mol. The van der Waals surface area contributed by atoms with Crippen molar-refractivity contribution < 1.29 is 4.74 Å². The number of aryl methyl sites for hydroxylation is 1. The minimum Gasteiger partial charge on any atom is -0.457 e. The summed E-state index contributed by atoms with van der Waals surface area (Å²) in [5, 5.41) is 7.89. The second-order valence-corrected chi connectivity index (χ2v) is 17.7. The van der Waals surface area contributed by atoms with E-state index >= 15 is 0 Å². The Morgan fingerprint density at radius 3 is 1.95 bits per heavy atom. The number of allylic oxidation sites excluding steroid dienone is 4. The van der Waals surface area contributed by atoms with Crippen molar-refractivity contribution in [2.45, 2.75) is 37.3 Å². The molecular weight excluding hydrogens is 884 g/mol. The Labute approximate surface area is 383 Å². The first-order valence-corrected chi connectivity index (χ1v) is 23.0. The maximum Gasteiger partial charge on any atom is 0.131 e. The van der Waals surface area contributed by atoms with Gasteiger partial charge in [0.1, 0.15) is 11.5 Å². The third kappa shape index (κ3) is 6.84. The van der Waals surface area contributed by atoms with Crippen LogP contribution < -0.4 is 25.2 Å². The molecule has 0 saturated heterocycles. The number of nitrogens with one attached hydrogen (secondary N) is 2. The summed E-state index contributed by atoms with van der Waals surface area (Å²) in [6, 6.07) is 62.9. The molecule has 3 unspecified atom stereocenters. The van der Waals surface area contributed by atoms with E-state index in [-0.39, 0.29) is 18.0 Å². The first kappa shape index (κ1) is 39.1. The molecule has 2 heterocycles. The lowest BCUT2D eigenvalue weighted by molar-refractivity contribution is 0.366. The van der Waals surface area contributed by atoms with Gasteiger partial charge in [0, 0.05) is 43.2 Å². The van der Waals surface area contributed by atoms with Crippen LogP contribution in [0.3, 0.4) is 0 Å². The third-order valence-corrected chi connectivity index (χ3v) is 14.0. The van der Waals surface area contributed by atoms with E-state index in [4.69, 9.17) is 4.74 Å². The van der Waals surface area contributed by atoms with Crippen molar-refractivity contribution in [2.24, 2.45) is 5.92 Å². The smallest absolute Gasteiger partial charge is 0.131 e. The second kappa shape index (κ2) is 16.5. The first-order valence-electron chi connectivity index (χ1n) is 22.0. The molecule has 308 valence electrons. The van der Waals surface area contributed by atoms with Gasteiger partial charge in [-0.2, -0.15) is 0 Å². The van der Waals surface area contributed by atoms with E-state index < -0.39 is 5.41 Å². The highest BCUT2D eigenvalue weighted by atomic mass is 127. The number of para-hydroxylation sites is 5. The number of anilines is 6. The molecule has 2 aliphatic carbocycles. The molecule has 3 atom stereocenters. The Morgan fingerprint density at radius 2 is 1.32 bits per heavy atom.